The fourth-order valence-electron chi connectivity index (χ4n) is 9.51. The first-order chi connectivity index (χ1) is 36.1. The second kappa shape index (κ2) is 22.4. The molecule has 0 unspecified atom stereocenters. The molecule has 4 amide bonds. The molecular formula is C56H48F6N6O7. The lowest BCUT2D eigenvalue weighted by Crippen LogP contribution is -2.53. The Hall–Kier alpha value is -8.32. The number of hydrogen-bond donors (Lipinski definition) is 2. The molecule has 2 N–H and O–H groups in total. The average Bonchev–Trinajstić information content (AvgIpc) is 3.72. The minimum atomic E-state index is -4.49. The number of carbonyl (C=O) groups is 4. The Morgan fingerprint density at radius 1 is 0.707 bits per heavy atom. The van der Waals surface area contributed by atoms with E-state index in [0.717, 1.165) is 34.4 Å². The maximum Gasteiger partial charge on any atom is 0.410 e. The van der Waals surface area contributed by atoms with E-state index in [9.17, 15) is 37.1 Å². The smallest absolute Gasteiger partial charge is 0.410 e. The van der Waals surface area contributed by atoms with Gasteiger partial charge in [0.25, 0.3) is 17.4 Å². The fraction of sp³-hybridized carbons (Fsp3) is 0.250. The Balaban J connectivity index is 0.812. The number of halogens is 6. The summed E-state index contributed by atoms with van der Waals surface area (Å²) in [6.45, 7) is -0.886. The number of amides is 4. The van der Waals surface area contributed by atoms with E-state index in [1.807, 2.05) is 48.5 Å². The van der Waals surface area contributed by atoms with Crippen molar-refractivity contribution >= 4 is 34.6 Å². The molecule has 6 aromatic carbocycles. The third kappa shape index (κ3) is 11.9. The van der Waals surface area contributed by atoms with Crippen LogP contribution in [0, 0.1) is 17.5 Å². The highest BCUT2D eigenvalue weighted by Crippen LogP contribution is 2.44. The van der Waals surface area contributed by atoms with Gasteiger partial charge in [0.1, 0.15) is 36.2 Å². The number of rotatable bonds is 16. The SMILES string of the molecule is O=C(NCCOCCN(CC(=O)N1CCN(C(=O)c2cc(Cc3n[nH]c(=O)c4ccccc34)ccc2F)CC1)C(=O)OCC1c2ccccc2-c2ccccc21)c1c(F)cc(-c2cccc(CC(F)(F)F)c2)cc1F. The highest BCUT2D eigenvalue weighted by atomic mass is 19.4. The fourth-order valence-corrected chi connectivity index (χ4v) is 9.51. The molecule has 386 valence electrons. The number of nitrogens with zero attached hydrogens (tertiary/aromatic N) is 4. The standard InChI is InChI=1S/C56H48F6N6O7/c57-46-17-16-34(28-49-42-14-5-6-15-43(42)52(70)65-64-49)27-44(46)54(72)67-21-19-66(20-22-67)50(69)32-68(55(73)75-33-45-40-12-3-1-10-38(40)39-11-2-4-13-41(39)45)23-25-74-24-18-63-53(71)51-47(58)29-37(30-48(51)59)36-9-7-8-35(26-36)31-56(60,61)62/h1-17,26-27,29-30,45H,18-25,28,31-33H2,(H,63,71)(H,65,70). The highest BCUT2D eigenvalue weighted by Gasteiger charge is 2.33. The number of H-pyrrole nitrogens is 1. The van der Waals surface area contributed by atoms with Crippen LogP contribution in [0.25, 0.3) is 33.0 Å². The Bertz CT molecular complexity index is 3290. The monoisotopic (exact) mass is 1030 g/mol. The zero-order chi connectivity index (χ0) is 52.8. The van der Waals surface area contributed by atoms with Gasteiger partial charge in [-0.2, -0.15) is 18.3 Å². The van der Waals surface area contributed by atoms with E-state index in [2.05, 4.69) is 15.5 Å². The van der Waals surface area contributed by atoms with Crippen LogP contribution in [-0.2, 0) is 27.1 Å². The van der Waals surface area contributed by atoms with E-state index >= 15 is 13.2 Å². The second-order valence-electron chi connectivity index (χ2n) is 18.1. The zero-order valence-electron chi connectivity index (χ0n) is 40.1. The summed E-state index contributed by atoms with van der Waals surface area (Å²) in [6, 6.07) is 33.6. The van der Waals surface area contributed by atoms with Gasteiger partial charge in [0, 0.05) is 57.0 Å². The minimum absolute atomic E-state index is 0.0422. The summed E-state index contributed by atoms with van der Waals surface area (Å²) in [5, 5.41) is 10.1. The van der Waals surface area contributed by atoms with Crippen molar-refractivity contribution in [2.45, 2.75) is 24.9 Å². The predicted molar refractivity (Wildman–Crippen MR) is 265 cm³/mol. The molecule has 1 aromatic heterocycles. The quantitative estimate of drug-likeness (QED) is 0.0721. The van der Waals surface area contributed by atoms with Crippen molar-refractivity contribution < 1.29 is 55.0 Å². The van der Waals surface area contributed by atoms with Gasteiger partial charge in [0.2, 0.25) is 5.91 Å². The molecule has 9 rings (SSSR count). The maximum atomic E-state index is 15.3. The Kier molecular flexibility index (Phi) is 15.4. The van der Waals surface area contributed by atoms with Crippen LogP contribution in [0.3, 0.4) is 0 Å². The van der Waals surface area contributed by atoms with E-state index < -0.39 is 66.0 Å². The van der Waals surface area contributed by atoms with Crippen LogP contribution in [0.1, 0.15) is 54.6 Å². The molecule has 2 heterocycles. The molecule has 7 aromatic rings. The Morgan fingerprint density at radius 3 is 2.05 bits per heavy atom. The number of fused-ring (bicyclic) bond motifs is 4. The number of carbonyl (C=O) groups excluding carboxylic acids is 4. The number of alkyl halides is 3. The lowest BCUT2D eigenvalue weighted by molar-refractivity contribution is -0.133. The average molecular weight is 1030 g/mol. The molecular weight excluding hydrogens is 983 g/mol. The van der Waals surface area contributed by atoms with Crippen molar-refractivity contribution in [2.24, 2.45) is 0 Å². The summed E-state index contributed by atoms with van der Waals surface area (Å²) in [4.78, 5) is 70.9. The summed E-state index contributed by atoms with van der Waals surface area (Å²) in [5.41, 5.74) is 3.67. The number of aromatic amines is 1. The van der Waals surface area contributed by atoms with Gasteiger partial charge in [-0.3, -0.25) is 24.1 Å². The summed E-state index contributed by atoms with van der Waals surface area (Å²) in [6.07, 6.45) is -6.32. The van der Waals surface area contributed by atoms with Crippen LogP contribution in [0.5, 0.6) is 0 Å². The number of hydrogen-bond acceptors (Lipinski definition) is 8. The molecule has 1 aliphatic carbocycles. The minimum Gasteiger partial charge on any atom is -0.448 e. The third-order valence-electron chi connectivity index (χ3n) is 13.2. The molecule has 0 saturated carbocycles. The lowest BCUT2D eigenvalue weighted by Gasteiger charge is -2.36. The van der Waals surface area contributed by atoms with Crippen molar-refractivity contribution in [2.75, 3.05) is 65.6 Å². The van der Waals surface area contributed by atoms with Gasteiger partial charge in [-0.25, -0.2) is 23.1 Å². The van der Waals surface area contributed by atoms with Crippen molar-refractivity contribution in [3.05, 3.63) is 194 Å². The van der Waals surface area contributed by atoms with Gasteiger partial charge >= 0.3 is 12.3 Å². The molecule has 0 atom stereocenters. The summed E-state index contributed by atoms with van der Waals surface area (Å²) in [5.74, 6) is -5.60. The topological polar surface area (TPSA) is 154 Å². The third-order valence-corrected chi connectivity index (χ3v) is 13.2. The summed E-state index contributed by atoms with van der Waals surface area (Å²) < 4.78 is 96.1. The van der Waals surface area contributed by atoms with E-state index in [1.165, 1.54) is 51.1 Å². The molecule has 75 heavy (non-hydrogen) atoms. The van der Waals surface area contributed by atoms with Crippen LogP contribution >= 0.6 is 0 Å². The van der Waals surface area contributed by atoms with Gasteiger partial charge in [-0.15, -0.1) is 0 Å². The lowest BCUT2D eigenvalue weighted by atomic mass is 9.98. The largest absolute Gasteiger partial charge is 0.448 e. The van der Waals surface area contributed by atoms with Gasteiger partial charge in [0.15, 0.2) is 0 Å². The maximum absolute atomic E-state index is 15.3. The van der Waals surface area contributed by atoms with E-state index in [-0.39, 0.29) is 99.2 Å². The van der Waals surface area contributed by atoms with Gasteiger partial charge in [-0.05, 0) is 74.8 Å². The first kappa shape index (κ1) is 51.6. The molecule has 0 bridgehead atoms. The van der Waals surface area contributed by atoms with Crippen molar-refractivity contribution in [3.8, 4) is 22.3 Å². The number of aromatic nitrogens is 2. The highest BCUT2D eigenvalue weighted by molar-refractivity contribution is 5.96. The van der Waals surface area contributed by atoms with Gasteiger partial charge in [0.05, 0.1) is 36.3 Å². The number of nitrogens with one attached hydrogen (secondary N) is 2. The summed E-state index contributed by atoms with van der Waals surface area (Å²) >= 11 is 0. The van der Waals surface area contributed by atoms with Crippen LogP contribution < -0.4 is 10.9 Å². The molecule has 1 aliphatic heterocycles. The molecule has 0 radical (unpaired) electrons. The first-order valence-electron chi connectivity index (χ1n) is 24.0. The number of ether oxygens (including phenoxy) is 2. The van der Waals surface area contributed by atoms with Crippen LogP contribution in [0.15, 0.2) is 132 Å². The molecule has 1 fully saturated rings. The number of piperazine rings is 1. The molecule has 13 nitrogen and oxygen atoms in total. The predicted octanol–water partition coefficient (Wildman–Crippen LogP) is 8.69. The molecule has 2 aliphatic rings. The number of benzene rings is 6. The van der Waals surface area contributed by atoms with Crippen LogP contribution in [0.4, 0.5) is 31.1 Å². The molecule has 1 saturated heterocycles. The van der Waals surface area contributed by atoms with Crippen molar-refractivity contribution in [3.63, 3.8) is 0 Å². The summed E-state index contributed by atoms with van der Waals surface area (Å²) in [7, 11) is 0. The normalized spacial score (nSPS) is 13.4. The van der Waals surface area contributed by atoms with Gasteiger partial charge in [-0.1, -0.05) is 97.1 Å². The zero-order valence-corrected chi connectivity index (χ0v) is 40.1. The van der Waals surface area contributed by atoms with Crippen LogP contribution in [0.2, 0.25) is 0 Å². The molecule has 19 heteroatoms. The van der Waals surface area contributed by atoms with Crippen molar-refractivity contribution in [1.82, 2.24) is 30.2 Å². The second-order valence-corrected chi connectivity index (χ2v) is 18.1. The Labute approximate surface area is 425 Å². The van der Waals surface area contributed by atoms with Crippen LogP contribution in [-0.4, -0.2) is 121 Å². The van der Waals surface area contributed by atoms with E-state index in [0.29, 0.717) is 22.0 Å². The van der Waals surface area contributed by atoms with E-state index in [1.54, 1.807) is 30.3 Å². The first-order valence-corrected chi connectivity index (χ1v) is 24.0. The Morgan fingerprint density at radius 2 is 1.36 bits per heavy atom. The van der Waals surface area contributed by atoms with E-state index in [4.69, 9.17) is 9.47 Å². The molecule has 0 spiro atoms. The van der Waals surface area contributed by atoms with Crippen molar-refractivity contribution in [1.29, 1.82) is 0 Å². The van der Waals surface area contributed by atoms with Gasteiger partial charge < -0.3 is 24.6 Å².